The number of aliphatic imine (C=N–C) groups is 2. The molecule has 2 aliphatic heterocycles. The van der Waals surface area contributed by atoms with Crippen molar-refractivity contribution in [3.05, 3.63) is 119 Å². The van der Waals surface area contributed by atoms with Crippen LogP contribution in [-0.2, 0) is 0 Å². The number of amidine groups is 2. The van der Waals surface area contributed by atoms with E-state index in [2.05, 4.69) is 41.9 Å². The molecular weight excluding hydrogens is 627 g/mol. The van der Waals surface area contributed by atoms with Gasteiger partial charge < -0.3 is 31.9 Å². The lowest BCUT2D eigenvalue weighted by molar-refractivity contribution is 0.101. The van der Waals surface area contributed by atoms with Crippen LogP contribution in [0.5, 0.6) is 0 Å². The van der Waals surface area contributed by atoms with Crippen molar-refractivity contribution in [1.29, 1.82) is 0 Å². The molecule has 0 fully saturated rings. The number of benzene rings is 4. The zero-order chi connectivity index (χ0) is 30.3. The predicted octanol–water partition coefficient (Wildman–Crippen LogP) is 5.38. The van der Waals surface area contributed by atoms with Crippen LogP contribution in [0, 0.1) is 0 Å². The fraction of sp³-hybridized carbons (Fsp3) is 0.121. The summed E-state index contributed by atoms with van der Waals surface area (Å²) in [5, 5.41) is 17.7. The van der Waals surface area contributed by atoms with E-state index in [0.29, 0.717) is 33.9 Å². The molecule has 4 aromatic rings. The van der Waals surface area contributed by atoms with E-state index in [9.17, 15) is 14.4 Å². The van der Waals surface area contributed by atoms with Crippen LogP contribution in [0.15, 0.2) is 107 Å². The van der Waals surface area contributed by atoms with Crippen molar-refractivity contribution in [3.8, 4) is 0 Å². The number of carbonyl (C=O) groups excluding carboxylic acids is 3. The van der Waals surface area contributed by atoms with Gasteiger partial charge in [0.25, 0.3) is 11.8 Å². The molecule has 0 aromatic heterocycles. The Labute approximate surface area is 278 Å². The molecular formula is C33H32Cl2N8O3. The van der Waals surface area contributed by atoms with Gasteiger partial charge in [-0.15, -0.1) is 24.8 Å². The molecule has 11 nitrogen and oxygen atoms in total. The third-order valence-corrected chi connectivity index (χ3v) is 6.90. The highest BCUT2D eigenvalue weighted by Crippen LogP contribution is 2.18. The minimum absolute atomic E-state index is 0. The van der Waals surface area contributed by atoms with Crippen LogP contribution in [0.4, 0.5) is 27.5 Å². The van der Waals surface area contributed by atoms with Crippen molar-refractivity contribution < 1.29 is 14.4 Å². The van der Waals surface area contributed by atoms with Crippen LogP contribution in [0.25, 0.3) is 0 Å². The summed E-state index contributed by atoms with van der Waals surface area (Å²) in [6, 6.07) is 27.7. The average Bonchev–Trinajstić information content (AvgIpc) is 3.77. The smallest absolute Gasteiger partial charge is 0.323 e. The summed E-state index contributed by atoms with van der Waals surface area (Å²) in [5.74, 6) is 0.985. The first-order valence-corrected chi connectivity index (χ1v) is 14.2. The number of nitrogens with zero attached hydrogens (tertiary/aromatic N) is 2. The third-order valence-electron chi connectivity index (χ3n) is 6.90. The molecule has 46 heavy (non-hydrogen) atoms. The number of rotatable bonds is 8. The molecule has 0 saturated heterocycles. The third kappa shape index (κ3) is 8.40. The van der Waals surface area contributed by atoms with Crippen molar-refractivity contribution in [2.75, 3.05) is 47.4 Å². The molecule has 0 spiro atoms. The second-order valence-electron chi connectivity index (χ2n) is 10.1. The molecule has 0 bridgehead atoms. The van der Waals surface area contributed by atoms with Gasteiger partial charge in [0.1, 0.15) is 11.7 Å². The standard InChI is InChI=1S/C33H30N8O3.2ClH/c42-31(38-25-9-1-5-21(17-25)29-34-13-14-35-29)23-7-3-11-27(19-23)40-33(44)41-28-12-4-8-24(20-28)32(43)39-26-10-2-6-22(18-26)30-36-15-16-37-30;;/h1-12,17-20H,13-16H2,(H,34,35)(H,36,37)(H,38,42)(H,39,43)(H2,40,41,44);2*1H. The van der Waals surface area contributed by atoms with E-state index in [0.717, 1.165) is 49.0 Å². The number of hydrogen-bond donors (Lipinski definition) is 6. The van der Waals surface area contributed by atoms with Gasteiger partial charge in [-0.25, -0.2) is 4.79 Å². The van der Waals surface area contributed by atoms with Gasteiger partial charge in [0.05, 0.1) is 13.1 Å². The molecule has 13 heteroatoms. The maximum absolute atomic E-state index is 13.0. The van der Waals surface area contributed by atoms with Crippen molar-refractivity contribution in [1.82, 2.24) is 10.6 Å². The molecule has 4 aromatic carbocycles. The second kappa shape index (κ2) is 15.6. The summed E-state index contributed by atoms with van der Waals surface area (Å²) in [6.07, 6.45) is 0. The lowest BCUT2D eigenvalue weighted by Crippen LogP contribution is -2.21. The van der Waals surface area contributed by atoms with Crippen LogP contribution >= 0.6 is 24.8 Å². The van der Waals surface area contributed by atoms with Gasteiger partial charge in [-0.1, -0.05) is 36.4 Å². The number of nitrogens with one attached hydrogen (secondary N) is 6. The van der Waals surface area contributed by atoms with E-state index in [1.54, 1.807) is 60.7 Å². The zero-order valence-corrected chi connectivity index (χ0v) is 26.1. The number of halogens is 2. The molecule has 0 unspecified atom stereocenters. The highest BCUT2D eigenvalue weighted by molar-refractivity contribution is 6.09. The van der Waals surface area contributed by atoms with Crippen molar-refractivity contribution in [3.63, 3.8) is 0 Å². The average molecular weight is 660 g/mol. The summed E-state index contributed by atoms with van der Waals surface area (Å²) in [6.45, 7) is 3.04. The maximum atomic E-state index is 13.0. The molecule has 0 saturated carbocycles. The summed E-state index contributed by atoms with van der Waals surface area (Å²) < 4.78 is 0. The fourth-order valence-corrected chi connectivity index (χ4v) is 4.85. The molecule has 236 valence electrons. The van der Waals surface area contributed by atoms with E-state index in [1.807, 2.05) is 36.4 Å². The first kappa shape index (κ1) is 33.5. The van der Waals surface area contributed by atoms with Crippen LogP contribution in [-0.4, -0.2) is 55.7 Å². The van der Waals surface area contributed by atoms with Crippen LogP contribution in [0.2, 0.25) is 0 Å². The van der Waals surface area contributed by atoms with E-state index in [-0.39, 0.29) is 36.6 Å². The molecule has 2 heterocycles. The van der Waals surface area contributed by atoms with E-state index in [4.69, 9.17) is 0 Å². The highest BCUT2D eigenvalue weighted by Gasteiger charge is 2.14. The molecule has 4 amide bonds. The normalized spacial score (nSPS) is 13.0. The molecule has 0 aliphatic carbocycles. The van der Waals surface area contributed by atoms with Gasteiger partial charge in [-0.2, -0.15) is 0 Å². The van der Waals surface area contributed by atoms with Gasteiger partial charge >= 0.3 is 6.03 Å². The Bertz CT molecular complexity index is 1680. The van der Waals surface area contributed by atoms with Crippen molar-refractivity contribution in [2.45, 2.75) is 0 Å². The number of amides is 4. The number of hydrogen-bond acceptors (Lipinski definition) is 7. The zero-order valence-electron chi connectivity index (χ0n) is 24.5. The van der Waals surface area contributed by atoms with E-state index in [1.165, 1.54) is 0 Å². The number of anilines is 4. The lowest BCUT2D eigenvalue weighted by Gasteiger charge is -2.11. The lowest BCUT2D eigenvalue weighted by atomic mass is 10.1. The molecule has 0 atom stereocenters. The minimum Gasteiger partial charge on any atom is -0.368 e. The van der Waals surface area contributed by atoms with Crippen LogP contribution in [0.3, 0.4) is 0 Å². The molecule has 6 N–H and O–H groups in total. The Morgan fingerprint density at radius 2 is 0.913 bits per heavy atom. The Balaban J connectivity index is 0.00000240. The van der Waals surface area contributed by atoms with Gasteiger partial charge in [-0.3, -0.25) is 19.6 Å². The second-order valence-corrected chi connectivity index (χ2v) is 10.1. The summed E-state index contributed by atoms with van der Waals surface area (Å²) in [4.78, 5) is 47.6. The van der Waals surface area contributed by atoms with Gasteiger partial charge in [-0.05, 0) is 60.7 Å². The predicted molar refractivity (Wildman–Crippen MR) is 188 cm³/mol. The quantitative estimate of drug-likeness (QED) is 0.150. The topological polar surface area (TPSA) is 148 Å². The van der Waals surface area contributed by atoms with E-state index >= 15 is 0 Å². The Morgan fingerprint density at radius 3 is 1.30 bits per heavy atom. The molecule has 6 rings (SSSR count). The van der Waals surface area contributed by atoms with Crippen molar-refractivity contribution >= 4 is 77.1 Å². The Kier molecular flexibility index (Phi) is 11.3. The fourth-order valence-electron chi connectivity index (χ4n) is 4.85. The minimum atomic E-state index is -0.518. The van der Waals surface area contributed by atoms with Crippen LogP contribution in [0.1, 0.15) is 31.8 Å². The van der Waals surface area contributed by atoms with E-state index < -0.39 is 6.03 Å². The van der Waals surface area contributed by atoms with Crippen molar-refractivity contribution in [2.24, 2.45) is 9.98 Å². The Hall–Kier alpha value is -5.39. The highest BCUT2D eigenvalue weighted by atomic mass is 35.5. The van der Waals surface area contributed by atoms with Gasteiger partial charge in [0, 0.05) is 58.1 Å². The first-order valence-electron chi connectivity index (χ1n) is 14.2. The molecule has 2 aliphatic rings. The maximum Gasteiger partial charge on any atom is 0.323 e. The van der Waals surface area contributed by atoms with Gasteiger partial charge in [0.15, 0.2) is 0 Å². The first-order chi connectivity index (χ1) is 21.5. The number of carbonyl (C=O) groups is 3. The van der Waals surface area contributed by atoms with Gasteiger partial charge in [0.2, 0.25) is 0 Å². The largest absolute Gasteiger partial charge is 0.368 e. The molecule has 0 radical (unpaired) electrons. The SMILES string of the molecule is Cl.Cl.O=C(Nc1cccc(C(=O)Nc2cccc(C3=NCCN3)c2)c1)Nc1cccc(C(=O)Nc2cccc(C3=NCCN3)c2)c1. The summed E-state index contributed by atoms with van der Waals surface area (Å²) in [5.41, 5.74) is 4.69. The number of urea groups is 1. The summed E-state index contributed by atoms with van der Waals surface area (Å²) in [7, 11) is 0. The van der Waals surface area contributed by atoms with Crippen LogP contribution < -0.4 is 31.9 Å². The monoisotopic (exact) mass is 658 g/mol. The Morgan fingerprint density at radius 1 is 0.522 bits per heavy atom. The summed E-state index contributed by atoms with van der Waals surface area (Å²) >= 11 is 0.